The van der Waals surface area contributed by atoms with Crippen LogP contribution in [0.25, 0.3) is 0 Å². The van der Waals surface area contributed by atoms with Crippen molar-refractivity contribution in [1.82, 2.24) is 0 Å². The second kappa shape index (κ2) is 6.90. The molecule has 0 saturated heterocycles. The van der Waals surface area contributed by atoms with Crippen LogP contribution in [0.15, 0.2) is 51.8 Å². The fourth-order valence-corrected chi connectivity index (χ4v) is 2.81. The van der Waals surface area contributed by atoms with E-state index in [1.807, 2.05) is 31.2 Å². The number of carbonyl (C=O) groups excluding carboxylic acids is 1. The number of hydrogen-bond donors (Lipinski definition) is 1. The second-order valence-corrected chi connectivity index (χ2v) is 6.23. The summed E-state index contributed by atoms with van der Waals surface area (Å²) in [6.45, 7) is 2.04. The van der Waals surface area contributed by atoms with Crippen LogP contribution < -0.4 is 5.32 Å². The van der Waals surface area contributed by atoms with E-state index >= 15 is 0 Å². The van der Waals surface area contributed by atoms with Gasteiger partial charge in [-0.1, -0.05) is 35.0 Å². The van der Waals surface area contributed by atoms with Crippen LogP contribution in [0.2, 0.25) is 0 Å². The first-order valence-electron chi connectivity index (χ1n) is 6.10. The van der Waals surface area contributed by atoms with E-state index in [4.69, 9.17) is 0 Å². The van der Waals surface area contributed by atoms with Crippen molar-refractivity contribution >= 4 is 39.3 Å². The third-order valence-electron chi connectivity index (χ3n) is 2.61. The topological polar surface area (TPSA) is 29.1 Å². The molecule has 2 rings (SSSR count). The maximum absolute atomic E-state index is 13.8. The highest BCUT2D eigenvalue weighted by atomic mass is 79.9. The molecule has 1 N–H and O–H groups in total. The van der Waals surface area contributed by atoms with Gasteiger partial charge in [0.15, 0.2) is 0 Å². The number of amides is 1. The number of thioether (sulfide) groups is 1. The van der Waals surface area contributed by atoms with E-state index in [2.05, 4.69) is 21.2 Å². The van der Waals surface area contributed by atoms with Crippen molar-refractivity contribution in [3.8, 4) is 0 Å². The van der Waals surface area contributed by atoms with Gasteiger partial charge in [0.25, 0.3) is 5.91 Å². The van der Waals surface area contributed by atoms with Crippen molar-refractivity contribution in [2.45, 2.75) is 11.8 Å². The molecule has 0 saturated carbocycles. The highest BCUT2D eigenvalue weighted by Crippen LogP contribution is 2.27. The van der Waals surface area contributed by atoms with Gasteiger partial charge < -0.3 is 5.32 Å². The van der Waals surface area contributed by atoms with Gasteiger partial charge in [-0.3, -0.25) is 4.79 Å². The predicted molar refractivity (Wildman–Crippen MR) is 84.9 cm³/mol. The van der Waals surface area contributed by atoms with Crippen molar-refractivity contribution in [2.24, 2.45) is 0 Å². The van der Waals surface area contributed by atoms with Crippen molar-refractivity contribution in [3.63, 3.8) is 0 Å². The molecule has 104 valence electrons. The van der Waals surface area contributed by atoms with Crippen LogP contribution in [0.1, 0.15) is 17.3 Å². The third kappa shape index (κ3) is 3.61. The first-order chi connectivity index (χ1) is 9.61. The summed E-state index contributed by atoms with van der Waals surface area (Å²) in [5.41, 5.74) is 0.733. The van der Waals surface area contributed by atoms with Crippen molar-refractivity contribution in [3.05, 3.63) is 58.3 Å². The van der Waals surface area contributed by atoms with Crippen molar-refractivity contribution in [1.29, 1.82) is 0 Å². The number of para-hydroxylation sites is 1. The van der Waals surface area contributed by atoms with Crippen molar-refractivity contribution < 1.29 is 9.18 Å². The average Bonchev–Trinajstić information content (AvgIpc) is 2.41. The Bertz CT molecular complexity index is 633. The minimum absolute atomic E-state index is 0.0319. The van der Waals surface area contributed by atoms with Crippen LogP contribution in [0, 0.1) is 5.82 Å². The van der Waals surface area contributed by atoms with Crippen LogP contribution in [0.5, 0.6) is 0 Å². The van der Waals surface area contributed by atoms with E-state index < -0.39 is 11.7 Å². The molecule has 0 spiro atoms. The number of hydrogen-bond acceptors (Lipinski definition) is 2. The summed E-state index contributed by atoms with van der Waals surface area (Å²) in [5.74, 6) is -0.0869. The van der Waals surface area contributed by atoms with Gasteiger partial charge in [0, 0.05) is 9.37 Å². The van der Waals surface area contributed by atoms with Crippen LogP contribution in [-0.2, 0) is 0 Å². The van der Waals surface area contributed by atoms with Gasteiger partial charge in [-0.2, -0.15) is 0 Å². The average molecular weight is 354 g/mol. The zero-order valence-corrected chi connectivity index (χ0v) is 13.2. The van der Waals surface area contributed by atoms with E-state index in [9.17, 15) is 9.18 Å². The van der Waals surface area contributed by atoms with Crippen LogP contribution in [0.4, 0.5) is 10.1 Å². The molecular formula is C15H13BrFNOS. The third-order valence-corrected chi connectivity index (χ3v) is 4.06. The Morgan fingerprint density at radius 3 is 2.75 bits per heavy atom. The molecule has 0 aromatic heterocycles. The number of anilines is 1. The summed E-state index contributed by atoms with van der Waals surface area (Å²) in [5, 5.41) is 2.76. The second-order valence-electron chi connectivity index (χ2n) is 4.01. The molecule has 2 nitrogen and oxygen atoms in total. The summed E-state index contributed by atoms with van der Waals surface area (Å²) in [7, 11) is 0. The summed E-state index contributed by atoms with van der Waals surface area (Å²) in [4.78, 5) is 13.1. The summed E-state index contributed by atoms with van der Waals surface area (Å²) in [6, 6.07) is 11.9. The Kier molecular flexibility index (Phi) is 5.20. The molecule has 0 aliphatic heterocycles. The Labute approximate surface area is 129 Å². The van der Waals surface area contributed by atoms with Crippen LogP contribution in [-0.4, -0.2) is 11.7 Å². The normalized spacial score (nSPS) is 10.3. The summed E-state index contributed by atoms with van der Waals surface area (Å²) < 4.78 is 14.4. The number of rotatable bonds is 4. The van der Waals surface area contributed by atoms with Gasteiger partial charge in [-0.25, -0.2) is 4.39 Å². The molecule has 0 fully saturated rings. The monoisotopic (exact) mass is 353 g/mol. The van der Waals surface area contributed by atoms with Crippen molar-refractivity contribution in [2.75, 3.05) is 11.1 Å². The molecule has 0 atom stereocenters. The maximum atomic E-state index is 13.8. The number of carbonyl (C=O) groups is 1. The Hall–Kier alpha value is -1.33. The molecule has 5 heteroatoms. The lowest BCUT2D eigenvalue weighted by Crippen LogP contribution is -2.14. The molecule has 0 heterocycles. The quantitative estimate of drug-likeness (QED) is 0.787. The van der Waals surface area contributed by atoms with Gasteiger partial charge in [0.2, 0.25) is 0 Å². The van der Waals surface area contributed by atoms with Crippen LogP contribution in [0.3, 0.4) is 0 Å². The van der Waals surface area contributed by atoms with E-state index in [1.165, 1.54) is 12.1 Å². The predicted octanol–water partition coefficient (Wildman–Crippen LogP) is 4.95. The van der Waals surface area contributed by atoms with E-state index in [-0.39, 0.29) is 5.56 Å². The first kappa shape index (κ1) is 15.1. The molecular weight excluding hydrogens is 341 g/mol. The van der Waals surface area contributed by atoms with Gasteiger partial charge in [0.05, 0.1) is 11.3 Å². The maximum Gasteiger partial charge on any atom is 0.258 e. The standard InChI is InChI=1S/C15H13BrFNOS/c1-2-20-14-6-4-3-5-13(14)18-15(19)11-8-7-10(16)9-12(11)17/h3-9H,2H2,1H3,(H,18,19). The SMILES string of the molecule is CCSc1ccccc1NC(=O)c1ccc(Br)cc1F. The molecule has 2 aromatic carbocycles. The zero-order valence-electron chi connectivity index (χ0n) is 10.8. The molecule has 0 bridgehead atoms. The number of halogens is 2. The van der Waals surface area contributed by atoms with Gasteiger partial charge >= 0.3 is 0 Å². The van der Waals surface area contributed by atoms with Crippen LogP contribution >= 0.6 is 27.7 Å². The number of nitrogens with one attached hydrogen (secondary N) is 1. The molecule has 0 unspecified atom stereocenters. The molecule has 0 aliphatic carbocycles. The molecule has 0 radical (unpaired) electrons. The lowest BCUT2D eigenvalue weighted by atomic mass is 10.2. The summed E-state index contributed by atoms with van der Waals surface area (Å²) in [6.07, 6.45) is 0. The molecule has 20 heavy (non-hydrogen) atoms. The fraction of sp³-hybridized carbons (Fsp3) is 0.133. The smallest absolute Gasteiger partial charge is 0.258 e. The van der Waals surface area contributed by atoms with Gasteiger partial charge in [-0.15, -0.1) is 11.8 Å². The first-order valence-corrected chi connectivity index (χ1v) is 7.88. The highest BCUT2D eigenvalue weighted by Gasteiger charge is 2.13. The van der Waals surface area contributed by atoms with Gasteiger partial charge in [0.1, 0.15) is 5.82 Å². The summed E-state index contributed by atoms with van der Waals surface area (Å²) >= 11 is 4.80. The van der Waals surface area contributed by atoms with Gasteiger partial charge in [-0.05, 0) is 36.1 Å². The largest absolute Gasteiger partial charge is 0.321 e. The van der Waals surface area contributed by atoms with E-state index in [0.29, 0.717) is 10.2 Å². The molecule has 2 aromatic rings. The minimum atomic E-state index is -0.544. The number of benzene rings is 2. The molecule has 0 aliphatic rings. The lowest BCUT2D eigenvalue weighted by molar-refractivity contribution is 0.102. The lowest BCUT2D eigenvalue weighted by Gasteiger charge is -2.10. The van der Waals surface area contributed by atoms with E-state index in [1.54, 1.807) is 17.8 Å². The Morgan fingerprint density at radius 2 is 2.05 bits per heavy atom. The Balaban J connectivity index is 2.23. The Morgan fingerprint density at radius 1 is 1.30 bits per heavy atom. The minimum Gasteiger partial charge on any atom is -0.321 e. The highest BCUT2D eigenvalue weighted by molar-refractivity contribution is 9.10. The van der Waals surface area contributed by atoms with E-state index in [0.717, 1.165) is 10.6 Å². The molecule has 1 amide bonds. The zero-order chi connectivity index (χ0) is 14.5. The fourth-order valence-electron chi connectivity index (χ4n) is 1.71.